The van der Waals surface area contributed by atoms with Gasteiger partial charge in [-0.2, -0.15) is 0 Å². The second kappa shape index (κ2) is 4.79. The summed E-state index contributed by atoms with van der Waals surface area (Å²) >= 11 is 0. The predicted octanol–water partition coefficient (Wildman–Crippen LogP) is 3.49. The van der Waals surface area contributed by atoms with Crippen molar-refractivity contribution in [1.82, 2.24) is 4.90 Å². The first kappa shape index (κ1) is 13.4. The fourth-order valence-corrected chi connectivity index (χ4v) is 1.76. The molecule has 0 aromatic heterocycles. The van der Waals surface area contributed by atoms with E-state index in [1.54, 1.807) is 0 Å². The maximum absolute atomic E-state index is 3.88. The van der Waals surface area contributed by atoms with E-state index >= 15 is 0 Å². The Morgan fingerprint density at radius 3 is 2.00 bits per heavy atom. The quantitative estimate of drug-likeness (QED) is 0.586. The summed E-state index contributed by atoms with van der Waals surface area (Å²) < 4.78 is 0. The number of likely N-dealkylation sites (N-methyl/N-ethyl adjacent to an activating group) is 1. The highest BCUT2D eigenvalue weighted by Gasteiger charge is 2.29. The van der Waals surface area contributed by atoms with Crippen molar-refractivity contribution in [2.75, 3.05) is 13.6 Å². The third-order valence-corrected chi connectivity index (χ3v) is 2.88. The molecule has 0 atom stereocenters. The van der Waals surface area contributed by atoms with E-state index in [1.807, 2.05) is 12.2 Å². The molecule has 0 aliphatic heterocycles. The van der Waals surface area contributed by atoms with Crippen LogP contribution in [0.25, 0.3) is 0 Å². The topological polar surface area (TPSA) is 3.24 Å². The maximum atomic E-state index is 3.88. The van der Waals surface area contributed by atoms with Crippen LogP contribution in [-0.4, -0.2) is 24.0 Å². The molecule has 0 bridgehead atoms. The van der Waals surface area contributed by atoms with E-state index in [9.17, 15) is 0 Å². The van der Waals surface area contributed by atoms with Crippen molar-refractivity contribution in [1.29, 1.82) is 0 Å². The summed E-state index contributed by atoms with van der Waals surface area (Å²) in [6.07, 6.45) is 5.09. The van der Waals surface area contributed by atoms with E-state index in [1.165, 1.54) is 0 Å². The van der Waals surface area contributed by atoms with Crippen LogP contribution in [0.1, 0.15) is 34.1 Å². The summed E-state index contributed by atoms with van der Waals surface area (Å²) in [4.78, 5) is 2.32. The van der Waals surface area contributed by atoms with E-state index in [2.05, 4.69) is 52.8 Å². The molecule has 0 fully saturated rings. The van der Waals surface area contributed by atoms with E-state index in [-0.39, 0.29) is 11.0 Å². The summed E-state index contributed by atoms with van der Waals surface area (Å²) in [5.74, 6) is 0. The zero-order chi connectivity index (χ0) is 11.4. The van der Waals surface area contributed by atoms with Crippen molar-refractivity contribution in [2.45, 2.75) is 39.7 Å². The van der Waals surface area contributed by atoms with Crippen molar-refractivity contribution in [3.05, 3.63) is 25.3 Å². The Morgan fingerprint density at radius 1 is 1.14 bits per heavy atom. The van der Waals surface area contributed by atoms with Crippen LogP contribution in [0, 0.1) is 5.41 Å². The van der Waals surface area contributed by atoms with Crippen LogP contribution in [0.15, 0.2) is 25.3 Å². The molecule has 0 rings (SSSR count). The average Bonchev–Trinajstić information content (AvgIpc) is 2.03. The van der Waals surface area contributed by atoms with Crippen LogP contribution in [-0.2, 0) is 0 Å². The first-order valence-corrected chi connectivity index (χ1v) is 5.21. The fourth-order valence-electron chi connectivity index (χ4n) is 1.76. The molecule has 0 N–H and O–H groups in total. The van der Waals surface area contributed by atoms with E-state index < -0.39 is 0 Å². The smallest absolute Gasteiger partial charge is 0.0162 e. The fraction of sp³-hybridized carbons (Fsp3) is 0.692. The molecular weight excluding hydrogens is 170 g/mol. The average molecular weight is 195 g/mol. The molecule has 14 heavy (non-hydrogen) atoms. The van der Waals surface area contributed by atoms with Gasteiger partial charge in [-0.15, -0.1) is 13.2 Å². The summed E-state index contributed by atoms with van der Waals surface area (Å²) in [6.45, 7) is 17.6. The minimum absolute atomic E-state index is 0.186. The maximum Gasteiger partial charge on any atom is 0.0162 e. The standard InChI is InChI=1S/C13H25N/c1-8-10-14(7)13(5,6)11-12(3,4)9-2/h8-9H,1-2,10-11H2,3-7H3. The molecule has 0 spiro atoms. The predicted molar refractivity (Wildman–Crippen MR) is 65.5 cm³/mol. The molecule has 1 heteroatoms. The lowest BCUT2D eigenvalue weighted by molar-refractivity contribution is 0.126. The Bertz CT molecular complexity index is 201. The van der Waals surface area contributed by atoms with Gasteiger partial charge < -0.3 is 0 Å². The van der Waals surface area contributed by atoms with Crippen molar-refractivity contribution < 1.29 is 0 Å². The second-order valence-electron chi connectivity index (χ2n) is 5.35. The van der Waals surface area contributed by atoms with Gasteiger partial charge in [-0.25, -0.2) is 0 Å². The molecule has 0 aromatic rings. The monoisotopic (exact) mass is 195 g/mol. The molecule has 0 saturated carbocycles. The second-order valence-corrected chi connectivity index (χ2v) is 5.35. The molecule has 0 aliphatic rings. The van der Waals surface area contributed by atoms with Crippen molar-refractivity contribution in [3.63, 3.8) is 0 Å². The summed E-state index contributed by atoms with van der Waals surface area (Å²) in [5, 5.41) is 0. The van der Waals surface area contributed by atoms with Gasteiger partial charge in [0, 0.05) is 12.1 Å². The number of allylic oxidation sites excluding steroid dienone is 1. The number of rotatable bonds is 6. The largest absolute Gasteiger partial charge is 0.298 e. The molecule has 0 amide bonds. The van der Waals surface area contributed by atoms with Crippen LogP contribution >= 0.6 is 0 Å². The Balaban J connectivity index is 4.46. The van der Waals surface area contributed by atoms with Crippen molar-refractivity contribution >= 4 is 0 Å². The van der Waals surface area contributed by atoms with E-state index in [4.69, 9.17) is 0 Å². The minimum Gasteiger partial charge on any atom is -0.298 e. The van der Waals surface area contributed by atoms with Gasteiger partial charge in [0.2, 0.25) is 0 Å². The van der Waals surface area contributed by atoms with Crippen LogP contribution in [0.2, 0.25) is 0 Å². The highest BCUT2D eigenvalue weighted by atomic mass is 15.2. The van der Waals surface area contributed by atoms with Gasteiger partial charge in [0.25, 0.3) is 0 Å². The summed E-state index contributed by atoms with van der Waals surface area (Å²) in [5.41, 5.74) is 0.380. The highest BCUT2D eigenvalue weighted by molar-refractivity contribution is 4.96. The van der Waals surface area contributed by atoms with Gasteiger partial charge in [0.15, 0.2) is 0 Å². The molecule has 0 unspecified atom stereocenters. The Kier molecular flexibility index (Phi) is 4.60. The Labute approximate surface area is 89.5 Å². The zero-order valence-corrected chi connectivity index (χ0v) is 10.4. The normalized spacial score (nSPS) is 13.0. The number of nitrogens with zero attached hydrogens (tertiary/aromatic N) is 1. The molecule has 0 aliphatic carbocycles. The SMILES string of the molecule is C=CCN(C)C(C)(C)CC(C)(C)C=C. The van der Waals surface area contributed by atoms with Gasteiger partial charge in [-0.05, 0) is 32.7 Å². The number of hydrogen-bond acceptors (Lipinski definition) is 1. The van der Waals surface area contributed by atoms with Crippen LogP contribution < -0.4 is 0 Å². The zero-order valence-electron chi connectivity index (χ0n) is 10.4. The van der Waals surface area contributed by atoms with Gasteiger partial charge in [0.05, 0.1) is 0 Å². The lowest BCUT2D eigenvalue weighted by Crippen LogP contribution is -2.44. The number of hydrogen-bond donors (Lipinski definition) is 0. The van der Waals surface area contributed by atoms with Gasteiger partial charge in [-0.3, -0.25) is 4.90 Å². The molecule has 1 nitrogen and oxygen atoms in total. The van der Waals surface area contributed by atoms with Gasteiger partial charge >= 0.3 is 0 Å². The Hall–Kier alpha value is -0.560. The van der Waals surface area contributed by atoms with E-state index in [0.29, 0.717) is 0 Å². The van der Waals surface area contributed by atoms with Gasteiger partial charge in [0.1, 0.15) is 0 Å². The lowest BCUT2D eigenvalue weighted by Gasteiger charge is -2.40. The van der Waals surface area contributed by atoms with Crippen molar-refractivity contribution in [2.24, 2.45) is 5.41 Å². The van der Waals surface area contributed by atoms with Crippen molar-refractivity contribution in [3.8, 4) is 0 Å². The molecular formula is C13H25N. The van der Waals surface area contributed by atoms with Crippen LogP contribution in [0.5, 0.6) is 0 Å². The first-order valence-electron chi connectivity index (χ1n) is 5.21. The molecule has 82 valence electrons. The summed E-state index contributed by atoms with van der Waals surface area (Å²) in [6, 6.07) is 0. The van der Waals surface area contributed by atoms with Crippen LogP contribution in [0.3, 0.4) is 0 Å². The third-order valence-electron chi connectivity index (χ3n) is 2.88. The molecule has 0 heterocycles. The third kappa shape index (κ3) is 4.10. The lowest BCUT2D eigenvalue weighted by atomic mass is 9.79. The first-order chi connectivity index (χ1) is 6.25. The summed E-state index contributed by atoms with van der Waals surface area (Å²) in [7, 11) is 2.14. The molecule has 0 radical (unpaired) electrons. The van der Waals surface area contributed by atoms with Crippen LogP contribution in [0.4, 0.5) is 0 Å². The minimum atomic E-state index is 0.186. The van der Waals surface area contributed by atoms with E-state index in [0.717, 1.165) is 13.0 Å². The highest BCUT2D eigenvalue weighted by Crippen LogP contribution is 2.31. The Morgan fingerprint density at radius 2 is 1.64 bits per heavy atom. The molecule has 0 aromatic carbocycles. The van der Waals surface area contributed by atoms with Gasteiger partial charge in [-0.1, -0.05) is 26.0 Å². The molecule has 0 saturated heterocycles.